The maximum absolute atomic E-state index is 12.0. The van der Waals surface area contributed by atoms with Crippen LogP contribution in [-0.2, 0) is 0 Å². The van der Waals surface area contributed by atoms with Gasteiger partial charge in [0.15, 0.2) is 0 Å². The van der Waals surface area contributed by atoms with Crippen molar-refractivity contribution in [3.8, 4) is 0 Å². The fourth-order valence-electron chi connectivity index (χ4n) is 1.88. The van der Waals surface area contributed by atoms with E-state index in [2.05, 4.69) is 15.3 Å². The van der Waals surface area contributed by atoms with Crippen LogP contribution >= 0.6 is 0 Å². The number of carbonyl (C=O) groups excluding carboxylic acids is 1. The Morgan fingerprint density at radius 1 is 1.37 bits per heavy atom. The zero-order valence-corrected chi connectivity index (χ0v) is 11.1. The number of hydrogen-bond acceptors (Lipinski definition) is 5. The summed E-state index contributed by atoms with van der Waals surface area (Å²) in [6.07, 6.45) is 2.71. The molecule has 0 radical (unpaired) electrons. The molecule has 1 unspecified atom stereocenters. The minimum atomic E-state index is -0.293. The van der Waals surface area contributed by atoms with Gasteiger partial charge in [-0.15, -0.1) is 0 Å². The van der Waals surface area contributed by atoms with Gasteiger partial charge in [-0.25, -0.2) is 9.97 Å². The number of rotatable bonds is 3. The Hall–Kier alpha value is -2.37. The van der Waals surface area contributed by atoms with Crippen molar-refractivity contribution in [2.45, 2.75) is 26.8 Å². The monoisotopic (exact) mass is 260 g/mol. The first kappa shape index (κ1) is 13.1. The lowest BCUT2D eigenvalue weighted by Gasteiger charge is -2.12. The van der Waals surface area contributed by atoms with E-state index in [9.17, 15) is 4.79 Å². The third-order valence-electron chi connectivity index (χ3n) is 2.80. The maximum Gasteiger partial charge on any atom is 0.271 e. The molecule has 0 spiro atoms. The molecule has 3 N–H and O–H groups in total. The highest BCUT2D eigenvalue weighted by atomic mass is 16.3. The highest BCUT2D eigenvalue weighted by Crippen LogP contribution is 2.21. The predicted molar refractivity (Wildman–Crippen MR) is 70.5 cm³/mol. The summed E-state index contributed by atoms with van der Waals surface area (Å²) in [6.45, 7) is 5.63. The van der Waals surface area contributed by atoms with Gasteiger partial charge in [0.1, 0.15) is 23.0 Å². The van der Waals surface area contributed by atoms with Crippen LogP contribution in [0.3, 0.4) is 0 Å². The average Bonchev–Trinajstić information content (AvgIpc) is 2.69. The van der Waals surface area contributed by atoms with Crippen LogP contribution in [0, 0.1) is 13.8 Å². The van der Waals surface area contributed by atoms with E-state index in [1.165, 1.54) is 12.4 Å². The first-order chi connectivity index (χ1) is 8.97. The molecule has 0 saturated carbocycles. The van der Waals surface area contributed by atoms with Crippen LogP contribution in [0.25, 0.3) is 0 Å². The minimum Gasteiger partial charge on any atom is -0.466 e. The average molecular weight is 260 g/mol. The molecule has 2 rings (SSSR count). The zero-order chi connectivity index (χ0) is 14.0. The molecule has 0 aliphatic heterocycles. The van der Waals surface area contributed by atoms with Crippen LogP contribution in [0.4, 0.5) is 5.82 Å². The largest absolute Gasteiger partial charge is 0.466 e. The predicted octanol–water partition coefficient (Wildman–Crippen LogP) is 1.76. The van der Waals surface area contributed by atoms with E-state index in [0.29, 0.717) is 0 Å². The molecular formula is C13H16N4O2. The van der Waals surface area contributed by atoms with Gasteiger partial charge in [0.25, 0.3) is 5.91 Å². The lowest BCUT2D eigenvalue weighted by molar-refractivity contribution is 0.0934. The number of nitrogens with two attached hydrogens (primary N) is 1. The number of aryl methyl sites for hydroxylation is 2. The van der Waals surface area contributed by atoms with Crippen molar-refractivity contribution in [3.63, 3.8) is 0 Å². The molecule has 100 valence electrons. The van der Waals surface area contributed by atoms with Gasteiger partial charge >= 0.3 is 0 Å². The number of nitrogen functional groups attached to an aromatic ring is 1. The molecular weight excluding hydrogens is 244 g/mol. The van der Waals surface area contributed by atoms with Crippen molar-refractivity contribution in [2.75, 3.05) is 5.73 Å². The first-order valence-electron chi connectivity index (χ1n) is 5.92. The second-order valence-corrected chi connectivity index (χ2v) is 4.39. The van der Waals surface area contributed by atoms with Gasteiger partial charge in [0.2, 0.25) is 0 Å². The van der Waals surface area contributed by atoms with Crippen molar-refractivity contribution in [2.24, 2.45) is 0 Å². The summed E-state index contributed by atoms with van der Waals surface area (Å²) >= 11 is 0. The molecule has 1 amide bonds. The molecule has 0 aromatic carbocycles. The quantitative estimate of drug-likeness (QED) is 0.876. The Kier molecular flexibility index (Phi) is 3.50. The Morgan fingerprint density at radius 3 is 2.63 bits per heavy atom. The van der Waals surface area contributed by atoms with Crippen LogP contribution in [0.15, 0.2) is 22.9 Å². The molecule has 0 saturated heterocycles. The number of nitrogens with zero attached hydrogens (tertiary/aromatic N) is 2. The van der Waals surface area contributed by atoms with Gasteiger partial charge in [0, 0.05) is 5.56 Å². The Balaban J connectivity index is 2.10. The second kappa shape index (κ2) is 5.09. The Bertz CT molecular complexity index is 589. The van der Waals surface area contributed by atoms with Crippen LogP contribution in [0.1, 0.15) is 40.5 Å². The van der Waals surface area contributed by atoms with Gasteiger partial charge in [-0.1, -0.05) is 0 Å². The summed E-state index contributed by atoms with van der Waals surface area (Å²) in [5.41, 5.74) is 6.61. The second-order valence-electron chi connectivity index (χ2n) is 4.39. The smallest absolute Gasteiger partial charge is 0.271 e. The van der Waals surface area contributed by atoms with Gasteiger partial charge < -0.3 is 15.5 Å². The number of nitrogens with one attached hydrogen (secondary N) is 1. The highest BCUT2D eigenvalue weighted by Gasteiger charge is 2.16. The van der Waals surface area contributed by atoms with Crippen molar-refractivity contribution in [1.29, 1.82) is 0 Å². The van der Waals surface area contributed by atoms with Gasteiger partial charge in [0.05, 0.1) is 18.4 Å². The van der Waals surface area contributed by atoms with E-state index in [4.69, 9.17) is 10.2 Å². The lowest BCUT2D eigenvalue weighted by Crippen LogP contribution is -2.27. The van der Waals surface area contributed by atoms with E-state index < -0.39 is 0 Å². The third-order valence-corrected chi connectivity index (χ3v) is 2.80. The molecule has 0 aliphatic carbocycles. The van der Waals surface area contributed by atoms with Crippen molar-refractivity contribution < 1.29 is 9.21 Å². The van der Waals surface area contributed by atoms with Crippen LogP contribution < -0.4 is 11.1 Å². The normalized spacial score (nSPS) is 12.2. The summed E-state index contributed by atoms with van der Waals surface area (Å²) in [5.74, 6) is 1.61. The van der Waals surface area contributed by atoms with Gasteiger partial charge in [-0.05, 0) is 26.8 Å². The number of aromatic nitrogens is 2. The van der Waals surface area contributed by atoms with Crippen molar-refractivity contribution in [1.82, 2.24) is 15.3 Å². The fourth-order valence-corrected chi connectivity index (χ4v) is 1.88. The zero-order valence-electron chi connectivity index (χ0n) is 11.1. The number of amides is 1. The molecule has 2 heterocycles. The summed E-state index contributed by atoms with van der Waals surface area (Å²) in [7, 11) is 0. The van der Waals surface area contributed by atoms with Gasteiger partial charge in [-0.2, -0.15) is 0 Å². The SMILES string of the molecule is Cc1cc(C(C)NC(=O)c2cnc(N)cn2)c(C)o1. The first-order valence-corrected chi connectivity index (χ1v) is 5.92. The summed E-state index contributed by atoms with van der Waals surface area (Å²) in [5, 5.41) is 2.84. The van der Waals surface area contributed by atoms with Crippen molar-refractivity contribution in [3.05, 3.63) is 41.2 Å². The topological polar surface area (TPSA) is 94.0 Å². The van der Waals surface area contributed by atoms with Crippen LogP contribution in [-0.4, -0.2) is 15.9 Å². The third kappa shape index (κ3) is 2.90. The molecule has 0 fully saturated rings. The van der Waals surface area contributed by atoms with E-state index in [-0.39, 0.29) is 23.5 Å². The summed E-state index contributed by atoms with van der Waals surface area (Å²) < 4.78 is 5.44. The lowest BCUT2D eigenvalue weighted by atomic mass is 10.1. The molecule has 19 heavy (non-hydrogen) atoms. The molecule has 2 aromatic heterocycles. The molecule has 6 heteroatoms. The van der Waals surface area contributed by atoms with E-state index in [1.807, 2.05) is 26.8 Å². The molecule has 0 aliphatic rings. The summed E-state index contributed by atoms with van der Waals surface area (Å²) in [4.78, 5) is 19.7. The summed E-state index contributed by atoms with van der Waals surface area (Å²) in [6, 6.07) is 1.75. The molecule has 1 atom stereocenters. The maximum atomic E-state index is 12.0. The van der Waals surface area contributed by atoms with E-state index >= 15 is 0 Å². The Labute approximate surface area is 111 Å². The molecule has 6 nitrogen and oxygen atoms in total. The molecule has 0 bridgehead atoms. The van der Waals surface area contributed by atoms with Crippen LogP contribution in [0.2, 0.25) is 0 Å². The van der Waals surface area contributed by atoms with E-state index in [1.54, 1.807) is 0 Å². The fraction of sp³-hybridized carbons (Fsp3) is 0.308. The standard InChI is InChI=1S/C13H16N4O2/c1-7-4-10(9(3)19-7)8(2)17-13(18)11-5-16-12(14)6-15-11/h4-6,8H,1-3H3,(H2,14,16)(H,17,18). The molecule has 2 aromatic rings. The minimum absolute atomic E-state index is 0.163. The highest BCUT2D eigenvalue weighted by molar-refractivity contribution is 5.92. The number of carbonyl (C=O) groups is 1. The Morgan fingerprint density at radius 2 is 2.11 bits per heavy atom. The van der Waals surface area contributed by atoms with Crippen molar-refractivity contribution >= 4 is 11.7 Å². The number of furan rings is 1. The number of anilines is 1. The van der Waals surface area contributed by atoms with Crippen LogP contribution in [0.5, 0.6) is 0 Å². The number of hydrogen-bond donors (Lipinski definition) is 2. The van der Waals surface area contributed by atoms with E-state index in [0.717, 1.165) is 17.1 Å². The van der Waals surface area contributed by atoms with Gasteiger partial charge in [-0.3, -0.25) is 4.79 Å².